The number of aromatic hydroxyl groups is 1. The van der Waals surface area contributed by atoms with Gasteiger partial charge in [0, 0.05) is 0 Å². The maximum Gasteiger partial charge on any atom is 0.317 e. The van der Waals surface area contributed by atoms with Crippen molar-refractivity contribution in [2.75, 3.05) is 5.32 Å². The van der Waals surface area contributed by atoms with Gasteiger partial charge in [0.05, 0.1) is 0 Å². The van der Waals surface area contributed by atoms with E-state index in [0.29, 0.717) is 0 Å². The summed E-state index contributed by atoms with van der Waals surface area (Å²) < 4.78 is 0.258. The number of carbonyl (C=O) groups is 1. The highest BCUT2D eigenvalue weighted by molar-refractivity contribution is 9.10. The van der Waals surface area contributed by atoms with E-state index < -0.39 is 6.03 Å². The molecule has 1 rings (SSSR count). The van der Waals surface area contributed by atoms with Crippen LogP contribution in [-0.4, -0.2) is 16.1 Å². The zero-order chi connectivity index (χ0) is 9.14. The number of pyridine rings is 1. The summed E-state index contributed by atoms with van der Waals surface area (Å²) in [4.78, 5) is 14.1. The van der Waals surface area contributed by atoms with Crippen LogP contribution in [0.15, 0.2) is 16.7 Å². The van der Waals surface area contributed by atoms with Gasteiger partial charge in [0.25, 0.3) is 0 Å². The van der Waals surface area contributed by atoms with Gasteiger partial charge in [0.15, 0.2) is 0 Å². The second-order valence-electron chi connectivity index (χ2n) is 2.00. The van der Waals surface area contributed by atoms with Crippen LogP contribution in [0.25, 0.3) is 0 Å². The largest absolute Gasteiger partial charge is 0.505 e. The van der Waals surface area contributed by atoms with Crippen molar-refractivity contribution < 1.29 is 9.90 Å². The highest BCUT2D eigenvalue weighted by atomic mass is 79.9. The van der Waals surface area contributed by atoms with Gasteiger partial charge in [-0.2, -0.15) is 0 Å². The number of rotatable bonds is 1. The number of halogens is 1. The molecule has 0 bridgehead atoms. The molecule has 1 aromatic rings. The normalized spacial score (nSPS) is 9.42. The lowest BCUT2D eigenvalue weighted by Gasteiger charge is -2.01. The molecule has 0 unspecified atom stereocenters. The Balaban J connectivity index is 2.89. The zero-order valence-corrected chi connectivity index (χ0v) is 7.50. The Labute approximate surface area is 76.7 Å². The summed E-state index contributed by atoms with van der Waals surface area (Å²) in [6.07, 6.45) is 0. The number of anilines is 1. The number of nitrogens with two attached hydrogens (primary N) is 1. The van der Waals surface area contributed by atoms with E-state index in [-0.39, 0.29) is 16.2 Å². The smallest absolute Gasteiger partial charge is 0.317 e. The van der Waals surface area contributed by atoms with Crippen molar-refractivity contribution in [1.29, 1.82) is 0 Å². The Bertz CT molecular complexity index is 316. The first kappa shape index (κ1) is 8.79. The standard InChI is InChI=1S/C6H6BrN3O2/c7-5-3(11)1-2-4(9-5)10-6(8)12/h1-2,11H,(H3,8,9,10,12). The molecule has 2 amide bonds. The van der Waals surface area contributed by atoms with Crippen LogP contribution in [0.5, 0.6) is 5.75 Å². The first-order chi connectivity index (χ1) is 5.59. The summed E-state index contributed by atoms with van der Waals surface area (Å²) >= 11 is 2.98. The van der Waals surface area contributed by atoms with Crippen LogP contribution in [0, 0.1) is 0 Å². The van der Waals surface area contributed by atoms with E-state index in [1.54, 1.807) is 0 Å². The van der Waals surface area contributed by atoms with Crippen molar-refractivity contribution in [1.82, 2.24) is 4.98 Å². The molecule has 1 aromatic heterocycles. The summed E-state index contributed by atoms with van der Waals surface area (Å²) in [7, 11) is 0. The van der Waals surface area contributed by atoms with Crippen molar-refractivity contribution in [3.05, 3.63) is 16.7 Å². The molecule has 0 radical (unpaired) electrons. The predicted octanol–water partition coefficient (Wildman–Crippen LogP) is 1.04. The molecular weight excluding hydrogens is 226 g/mol. The molecule has 0 aliphatic carbocycles. The lowest BCUT2D eigenvalue weighted by molar-refractivity contribution is 0.259. The predicted molar refractivity (Wildman–Crippen MR) is 46.8 cm³/mol. The molecule has 1 heterocycles. The molecular formula is C6H6BrN3O2. The Morgan fingerprint density at radius 1 is 1.67 bits per heavy atom. The third-order valence-electron chi connectivity index (χ3n) is 1.08. The van der Waals surface area contributed by atoms with Crippen LogP contribution < -0.4 is 11.1 Å². The Morgan fingerprint density at radius 2 is 2.33 bits per heavy atom. The van der Waals surface area contributed by atoms with E-state index in [1.807, 2.05) is 0 Å². The molecule has 64 valence electrons. The third-order valence-corrected chi connectivity index (χ3v) is 1.66. The summed E-state index contributed by atoms with van der Waals surface area (Å²) in [6.45, 7) is 0. The minimum atomic E-state index is -0.694. The van der Waals surface area contributed by atoms with Gasteiger partial charge in [-0.3, -0.25) is 5.32 Å². The van der Waals surface area contributed by atoms with Crippen LogP contribution >= 0.6 is 15.9 Å². The monoisotopic (exact) mass is 231 g/mol. The molecule has 5 nitrogen and oxygen atoms in total. The van der Waals surface area contributed by atoms with Crippen molar-refractivity contribution in [2.45, 2.75) is 0 Å². The lowest BCUT2D eigenvalue weighted by atomic mass is 10.4. The molecule has 4 N–H and O–H groups in total. The van der Waals surface area contributed by atoms with Gasteiger partial charge in [0.2, 0.25) is 0 Å². The molecule has 0 saturated heterocycles. The van der Waals surface area contributed by atoms with Crippen LogP contribution in [-0.2, 0) is 0 Å². The molecule has 12 heavy (non-hydrogen) atoms. The van der Waals surface area contributed by atoms with Crippen molar-refractivity contribution in [3.8, 4) is 5.75 Å². The first-order valence-corrected chi connectivity index (χ1v) is 3.81. The summed E-state index contributed by atoms with van der Waals surface area (Å²) in [5, 5.41) is 11.3. The summed E-state index contributed by atoms with van der Waals surface area (Å²) in [6, 6.07) is 2.13. The van der Waals surface area contributed by atoms with E-state index in [2.05, 4.69) is 26.2 Å². The van der Waals surface area contributed by atoms with E-state index in [4.69, 9.17) is 10.8 Å². The number of aromatic nitrogens is 1. The van der Waals surface area contributed by atoms with Crippen LogP contribution in [0.3, 0.4) is 0 Å². The number of nitrogens with zero attached hydrogens (tertiary/aromatic N) is 1. The van der Waals surface area contributed by atoms with Gasteiger partial charge >= 0.3 is 6.03 Å². The van der Waals surface area contributed by atoms with Crippen molar-refractivity contribution in [2.24, 2.45) is 5.73 Å². The van der Waals surface area contributed by atoms with Crippen molar-refractivity contribution in [3.63, 3.8) is 0 Å². The van der Waals surface area contributed by atoms with Gasteiger partial charge in [0.1, 0.15) is 16.2 Å². The van der Waals surface area contributed by atoms with Gasteiger partial charge < -0.3 is 10.8 Å². The number of primary amides is 1. The highest BCUT2D eigenvalue weighted by Gasteiger charge is 2.01. The maximum absolute atomic E-state index is 10.4. The van der Waals surface area contributed by atoms with Crippen LogP contribution in [0.2, 0.25) is 0 Å². The van der Waals surface area contributed by atoms with E-state index in [1.165, 1.54) is 12.1 Å². The fourth-order valence-electron chi connectivity index (χ4n) is 0.623. The number of nitrogens with one attached hydrogen (secondary N) is 1. The second kappa shape index (κ2) is 3.40. The molecule has 0 spiro atoms. The highest BCUT2D eigenvalue weighted by Crippen LogP contribution is 2.22. The lowest BCUT2D eigenvalue weighted by Crippen LogP contribution is -2.19. The average Bonchev–Trinajstić information content (AvgIpc) is 1.96. The van der Waals surface area contributed by atoms with E-state index >= 15 is 0 Å². The van der Waals surface area contributed by atoms with Gasteiger partial charge in [-0.15, -0.1) is 0 Å². The quantitative estimate of drug-likeness (QED) is 0.632. The summed E-state index contributed by atoms with van der Waals surface area (Å²) in [5.74, 6) is 0.289. The zero-order valence-electron chi connectivity index (χ0n) is 5.91. The number of hydrogen-bond donors (Lipinski definition) is 3. The molecule has 0 aliphatic rings. The number of carbonyl (C=O) groups excluding carboxylic acids is 1. The summed E-state index contributed by atoms with van der Waals surface area (Å²) in [5.41, 5.74) is 4.84. The number of hydrogen-bond acceptors (Lipinski definition) is 3. The molecule has 0 aromatic carbocycles. The Kier molecular flexibility index (Phi) is 2.49. The van der Waals surface area contributed by atoms with Crippen molar-refractivity contribution >= 4 is 27.8 Å². The topological polar surface area (TPSA) is 88.2 Å². The minimum Gasteiger partial charge on any atom is -0.505 e. The first-order valence-electron chi connectivity index (χ1n) is 3.01. The minimum absolute atomic E-state index is 0.00465. The second-order valence-corrected chi connectivity index (χ2v) is 2.75. The van der Waals surface area contributed by atoms with Gasteiger partial charge in [-0.05, 0) is 28.1 Å². The molecule has 0 atom stereocenters. The fraction of sp³-hybridized carbons (Fsp3) is 0. The molecule has 0 saturated carbocycles. The molecule has 0 fully saturated rings. The Hall–Kier alpha value is -1.30. The average molecular weight is 232 g/mol. The number of amides is 2. The van der Waals surface area contributed by atoms with Crippen LogP contribution in [0.1, 0.15) is 0 Å². The SMILES string of the molecule is NC(=O)Nc1ccc(O)c(Br)n1. The molecule has 0 aliphatic heterocycles. The third kappa shape index (κ3) is 2.09. The maximum atomic E-state index is 10.4. The molecule has 6 heteroatoms. The Morgan fingerprint density at radius 3 is 2.83 bits per heavy atom. The van der Waals surface area contributed by atoms with Gasteiger partial charge in [-0.25, -0.2) is 9.78 Å². The fourth-order valence-corrected chi connectivity index (χ4v) is 0.946. The van der Waals surface area contributed by atoms with E-state index in [0.717, 1.165) is 0 Å². The van der Waals surface area contributed by atoms with Gasteiger partial charge in [-0.1, -0.05) is 0 Å². The van der Waals surface area contributed by atoms with E-state index in [9.17, 15) is 4.79 Å². The van der Waals surface area contributed by atoms with Crippen LogP contribution in [0.4, 0.5) is 10.6 Å². The number of urea groups is 1.